The van der Waals surface area contributed by atoms with Gasteiger partial charge in [0.05, 0.1) is 5.92 Å². The number of piperidine rings is 1. The molecular weight excluding hydrogens is 492 g/mol. The fourth-order valence-electron chi connectivity index (χ4n) is 5.58. The minimum atomic E-state index is -1.09. The van der Waals surface area contributed by atoms with E-state index in [0.29, 0.717) is 13.0 Å². The third kappa shape index (κ3) is 7.18. The number of carboxylic acids is 1. The number of hydrogen-bond donors (Lipinski definition) is 4. The molecular formula is C32H38N2O5. The van der Waals surface area contributed by atoms with Gasteiger partial charge in [-0.25, -0.2) is 4.79 Å². The van der Waals surface area contributed by atoms with Crippen molar-refractivity contribution >= 4 is 11.9 Å². The summed E-state index contributed by atoms with van der Waals surface area (Å²) in [6.45, 7) is 6.55. The molecule has 1 amide bonds. The van der Waals surface area contributed by atoms with Crippen molar-refractivity contribution < 1.29 is 24.9 Å². The zero-order valence-corrected chi connectivity index (χ0v) is 22.6. The lowest BCUT2D eigenvalue weighted by Crippen LogP contribution is -2.52. The van der Waals surface area contributed by atoms with Gasteiger partial charge >= 0.3 is 5.97 Å². The smallest absolute Gasteiger partial charge is 0.326 e. The minimum Gasteiger partial charge on any atom is -0.508 e. The van der Waals surface area contributed by atoms with E-state index >= 15 is 0 Å². The molecule has 4 N–H and O–H groups in total. The monoisotopic (exact) mass is 530 g/mol. The number of benzene rings is 3. The van der Waals surface area contributed by atoms with Crippen molar-refractivity contribution in [1.29, 1.82) is 0 Å². The van der Waals surface area contributed by atoms with Crippen molar-refractivity contribution in [3.05, 3.63) is 95.6 Å². The fraction of sp³-hybridized carbons (Fsp3) is 0.375. The molecule has 7 nitrogen and oxygen atoms in total. The van der Waals surface area contributed by atoms with Crippen molar-refractivity contribution in [2.45, 2.75) is 44.6 Å². The van der Waals surface area contributed by atoms with E-state index in [9.17, 15) is 24.9 Å². The molecule has 4 atom stereocenters. The Morgan fingerprint density at radius 3 is 2.28 bits per heavy atom. The Hall–Kier alpha value is -3.84. The lowest BCUT2D eigenvalue weighted by molar-refractivity contribution is -0.142. The summed E-state index contributed by atoms with van der Waals surface area (Å²) in [4.78, 5) is 27.9. The second-order valence-corrected chi connectivity index (χ2v) is 11.0. The quantitative estimate of drug-likeness (QED) is 0.310. The number of phenols is 2. The molecule has 1 heterocycles. The molecule has 0 aliphatic carbocycles. The van der Waals surface area contributed by atoms with E-state index in [1.807, 2.05) is 42.5 Å². The van der Waals surface area contributed by atoms with Crippen LogP contribution in [0.15, 0.2) is 78.9 Å². The van der Waals surface area contributed by atoms with Crippen molar-refractivity contribution in [2.75, 3.05) is 19.6 Å². The van der Waals surface area contributed by atoms with Gasteiger partial charge in [0.25, 0.3) is 0 Å². The lowest BCUT2D eigenvalue weighted by Gasteiger charge is -2.45. The van der Waals surface area contributed by atoms with E-state index < -0.39 is 17.9 Å². The number of aliphatic carboxylic acids is 1. The topological polar surface area (TPSA) is 110 Å². The molecule has 3 aromatic carbocycles. The minimum absolute atomic E-state index is 0.0923. The van der Waals surface area contributed by atoms with Gasteiger partial charge in [-0.15, -0.1) is 0 Å². The zero-order valence-electron chi connectivity index (χ0n) is 22.6. The summed E-state index contributed by atoms with van der Waals surface area (Å²) in [5.41, 5.74) is 2.77. The maximum Gasteiger partial charge on any atom is 0.326 e. The van der Waals surface area contributed by atoms with Crippen molar-refractivity contribution in [3.8, 4) is 11.5 Å². The second-order valence-electron chi connectivity index (χ2n) is 11.0. The highest BCUT2D eigenvalue weighted by Gasteiger charge is 2.39. The SMILES string of the molecule is C[C@H]1CN(C[C@H](Cc2ccccc2)C(=O)N[C@@H](Cc2ccc(O)cc2)C(=O)O)CC[C@@]1(C)c1cccc(O)c1. The molecule has 39 heavy (non-hydrogen) atoms. The van der Waals surface area contributed by atoms with E-state index in [4.69, 9.17) is 0 Å². The number of amides is 1. The largest absolute Gasteiger partial charge is 0.508 e. The number of likely N-dealkylation sites (tertiary alicyclic amines) is 1. The van der Waals surface area contributed by atoms with Crippen LogP contribution in [-0.2, 0) is 27.8 Å². The number of rotatable bonds is 10. The Kier molecular flexibility index (Phi) is 8.92. The molecule has 1 aliphatic rings. The number of carboxylic acid groups (broad SMARTS) is 1. The van der Waals surface area contributed by atoms with Crippen LogP contribution in [-0.4, -0.2) is 57.8 Å². The van der Waals surface area contributed by atoms with Gasteiger partial charge in [-0.3, -0.25) is 4.79 Å². The summed E-state index contributed by atoms with van der Waals surface area (Å²) >= 11 is 0. The first-order chi connectivity index (χ1) is 18.6. The molecule has 1 aliphatic heterocycles. The molecule has 1 saturated heterocycles. The van der Waals surface area contributed by atoms with Crippen LogP contribution in [0.25, 0.3) is 0 Å². The normalized spacial score (nSPS) is 21.1. The van der Waals surface area contributed by atoms with E-state index in [0.717, 1.165) is 36.2 Å². The van der Waals surface area contributed by atoms with Crippen LogP contribution in [0.2, 0.25) is 0 Å². The van der Waals surface area contributed by atoms with Gasteiger partial charge < -0.3 is 25.5 Å². The van der Waals surface area contributed by atoms with E-state index in [2.05, 4.69) is 30.1 Å². The molecule has 0 saturated carbocycles. The Balaban J connectivity index is 1.48. The van der Waals surface area contributed by atoms with Gasteiger partial charge in [0.1, 0.15) is 17.5 Å². The summed E-state index contributed by atoms with van der Waals surface area (Å²) in [5.74, 6) is -1.14. The second kappa shape index (κ2) is 12.3. The van der Waals surface area contributed by atoms with E-state index in [1.165, 1.54) is 12.1 Å². The van der Waals surface area contributed by atoms with Gasteiger partial charge in [0.15, 0.2) is 0 Å². The average Bonchev–Trinajstić information content (AvgIpc) is 2.91. The third-order valence-corrected chi connectivity index (χ3v) is 8.24. The first-order valence-electron chi connectivity index (χ1n) is 13.5. The van der Waals surface area contributed by atoms with Gasteiger partial charge in [-0.05, 0) is 71.7 Å². The van der Waals surface area contributed by atoms with Crippen LogP contribution in [0.5, 0.6) is 11.5 Å². The zero-order chi connectivity index (χ0) is 28.0. The first-order valence-corrected chi connectivity index (χ1v) is 13.5. The number of nitrogens with zero attached hydrogens (tertiary/aromatic N) is 1. The third-order valence-electron chi connectivity index (χ3n) is 8.24. The summed E-state index contributed by atoms with van der Waals surface area (Å²) < 4.78 is 0. The number of hydrogen-bond acceptors (Lipinski definition) is 5. The van der Waals surface area contributed by atoms with Crippen LogP contribution >= 0.6 is 0 Å². The maximum absolute atomic E-state index is 13.6. The highest BCUT2D eigenvalue weighted by atomic mass is 16.4. The molecule has 1 fully saturated rings. The van der Waals surface area contributed by atoms with Crippen LogP contribution in [0.4, 0.5) is 0 Å². The predicted molar refractivity (Wildman–Crippen MR) is 151 cm³/mol. The Morgan fingerprint density at radius 1 is 0.949 bits per heavy atom. The van der Waals surface area contributed by atoms with Crippen molar-refractivity contribution in [1.82, 2.24) is 10.2 Å². The number of nitrogens with one attached hydrogen (secondary N) is 1. The lowest BCUT2D eigenvalue weighted by atomic mass is 9.68. The molecule has 0 bridgehead atoms. The van der Waals surface area contributed by atoms with Gasteiger partial charge in [0.2, 0.25) is 5.91 Å². The molecule has 3 aromatic rings. The Morgan fingerprint density at radius 2 is 1.64 bits per heavy atom. The molecule has 206 valence electrons. The molecule has 0 spiro atoms. The molecule has 0 unspecified atom stereocenters. The van der Waals surface area contributed by atoms with Gasteiger partial charge in [-0.1, -0.05) is 68.4 Å². The van der Waals surface area contributed by atoms with Crippen LogP contribution < -0.4 is 5.32 Å². The molecule has 0 radical (unpaired) electrons. The first kappa shape index (κ1) is 28.2. The van der Waals surface area contributed by atoms with E-state index in [-0.39, 0.29) is 35.2 Å². The summed E-state index contributed by atoms with van der Waals surface area (Å²) in [5, 5.41) is 32.2. The number of phenolic OH excluding ortho intramolecular Hbond substituents is 2. The molecule has 7 heteroatoms. The number of aromatic hydroxyl groups is 2. The van der Waals surface area contributed by atoms with Crippen LogP contribution in [0.3, 0.4) is 0 Å². The summed E-state index contributed by atoms with van der Waals surface area (Å²) in [7, 11) is 0. The number of carbonyl (C=O) groups is 2. The Bertz CT molecular complexity index is 1260. The highest BCUT2D eigenvalue weighted by Crippen LogP contribution is 2.40. The Labute approximate surface area is 230 Å². The number of carbonyl (C=O) groups excluding carboxylic acids is 1. The van der Waals surface area contributed by atoms with Crippen LogP contribution in [0, 0.1) is 11.8 Å². The standard InChI is InChI=1S/C32H38N2O5/c1-22-20-34(16-15-32(22,2)26-9-6-10-28(36)19-26)21-25(17-23-7-4-3-5-8-23)30(37)33-29(31(38)39)18-24-11-13-27(35)14-12-24/h3-14,19,22,25,29,35-36H,15-18,20-21H2,1-2H3,(H,33,37)(H,38,39)/t22-,25-,29-,32+/m0/s1. The molecule has 4 rings (SSSR count). The summed E-state index contributed by atoms with van der Waals surface area (Å²) in [6.07, 6.45) is 1.52. The predicted octanol–water partition coefficient (Wildman–Crippen LogP) is 4.37. The van der Waals surface area contributed by atoms with Crippen molar-refractivity contribution in [2.24, 2.45) is 11.8 Å². The van der Waals surface area contributed by atoms with Gasteiger partial charge in [-0.2, -0.15) is 0 Å². The van der Waals surface area contributed by atoms with Crippen molar-refractivity contribution in [3.63, 3.8) is 0 Å². The average molecular weight is 531 g/mol. The van der Waals surface area contributed by atoms with Crippen LogP contribution in [0.1, 0.15) is 37.0 Å². The van der Waals surface area contributed by atoms with Gasteiger partial charge in [0, 0.05) is 19.5 Å². The highest BCUT2D eigenvalue weighted by molar-refractivity contribution is 5.85. The maximum atomic E-state index is 13.6. The molecule has 0 aromatic heterocycles. The van der Waals surface area contributed by atoms with E-state index in [1.54, 1.807) is 18.2 Å². The fourth-order valence-corrected chi connectivity index (χ4v) is 5.58. The summed E-state index contributed by atoms with van der Waals surface area (Å²) in [6, 6.07) is 22.6.